The molecule has 3 N–H and O–H groups in total. The first-order chi connectivity index (χ1) is 8.22. The van der Waals surface area contributed by atoms with E-state index in [1.54, 1.807) is 4.90 Å². The lowest BCUT2D eigenvalue weighted by molar-refractivity contribution is 0.209. The molecule has 7 heteroatoms. The first-order valence-corrected chi connectivity index (χ1v) is 5.82. The van der Waals surface area contributed by atoms with Crippen molar-refractivity contribution >= 4 is 17.8 Å². The van der Waals surface area contributed by atoms with Crippen LogP contribution in [0.2, 0.25) is 0 Å². The van der Waals surface area contributed by atoms with E-state index in [0.717, 1.165) is 6.54 Å². The third-order valence-corrected chi connectivity index (χ3v) is 2.93. The summed E-state index contributed by atoms with van der Waals surface area (Å²) in [7, 11) is 7.80. The fourth-order valence-electron chi connectivity index (χ4n) is 1.11. The predicted molar refractivity (Wildman–Crippen MR) is 74.8 cm³/mol. The first-order valence-electron chi connectivity index (χ1n) is 5.82. The highest BCUT2D eigenvalue weighted by atomic mass is 15.3. The van der Waals surface area contributed by atoms with Crippen molar-refractivity contribution in [1.29, 1.82) is 0 Å². The lowest BCUT2D eigenvalue weighted by atomic mass is 10.1. The Kier molecular flexibility index (Phi) is 4.28. The highest BCUT2D eigenvalue weighted by molar-refractivity contribution is 5.40. The van der Waals surface area contributed by atoms with Crippen LogP contribution in [-0.2, 0) is 0 Å². The van der Waals surface area contributed by atoms with E-state index in [9.17, 15) is 0 Å². The van der Waals surface area contributed by atoms with Gasteiger partial charge in [0.25, 0.3) is 0 Å². The van der Waals surface area contributed by atoms with Gasteiger partial charge in [0.1, 0.15) is 0 Å². The van der Waals surface area contributed by atoms with E-state index in [4.69, 9.17) is 5.73 Å². The molecule has 0 atom stereocenters. The molecule has 0 aliphatic heterocycles. The van der Waals surface area contributed by atoms with Gasteiger partial charge in [0.05, 0.1) is 0 Å². The number of rotatable bonds is 5. The van der Waals surface area contributed by atoms with Gasteiger partial charge in [-0.2, -0.15) is 15.0 Å². The van der Waals surface area contributed by atoms with Gasteiger partial charge in [0.2, 0.25) is 17.8 Å². The summed E-state index contributed by atoms with van der Waals surface area (Å²) in [6, 6.07) is 0. The van der Waals surface area contributed by atoms with E-state index < -0.39 is 0 Å². The second-order valence-electron chi connectivity index (χ2n) is 5.27. The Balaban J connectivity index is 2.79. The number of nitrogens with two attached hydrogens (primary N) is 1. The Bertz CT molecular complexity index is 400. The summed E-state index contributed by atoms with van der Waals surface area (Å²) < 4.78 is 0. The highest BCUT2D eigenvalue weighted by Gasteiger charge is 2.20. The third-order valence-electron chi connectivity index (χ3n) is 2.93. The van der Waals surface area contributed by atoms with E-state index in [0.29, 0.717) is 11.9 Å². The molecule has 1 aromatic heterocycles. The summed E-state index contributed by atoms with van der Waals surface area (Å²) in [5.41, 5.74) is 5.66. The van der Waals surface area contributed by atoms with Gasteiger partial charge < -0.3 is 20.9 Å². The molecule has 0 aromatic carbocycles. The van der Waals surface area contributed by atoms with Crippen LogP contribution in [0, 0.1) is 0 Å². The van der Waals surface area contributed by atoms with Crippen molar-refractivity contribution in [2.24, 2.45) is 0 Å². The maximum atomic E-state index is 5.66. The average Bonchev–Trinajstić information content (AvgIpc) is 2.25. The summed E-state index contributed by atoms with van der Waals surface area (Å²) in [6.07, 6.45) is 0. The van der Waals surface area contributed by atoms with Crippen LogP contribution in [0.15, 0.2) is 0 Å². The molecular formula is C11H23N7. The zero-order valence-electron chi connectivity index (χ0n) is 12.0. The highest BCUT2D eigenvalue weighted by Crippen LogP contribution is 2.13. The van der Waals surface area contributed by atoms with Crippen LogP contribution in [0.5, 0.6) is 0 Å². The van der Waals surface area contributed by atoms with Crippen molar-refractivity contribution in [3.8, 4) is 0 Å². The fraction of sp³-hybridized carbons (Fsp3) is 0.727. The van der Waals surface area contributed by atoms with Gasteiger partial charge in [-0.15, -0.1) is 0 Å². The lowest BCUT2D eigenvalue weighted by Crippen LogP contribution is -2.44. The molecule has 0 bridgehead atoms. The Morgan fingerprint density at radius 1 is 1.11 bits per heavy atom. The lowest BCUT2D eigenvalue weighted by Gasteiger charge is -2.32. The Morgan fingerprint density at radius 2 is 1.72 bits per heavy atom. The SMILES string of the molecule is CN(C)c1nc(N)nc(NCC(C)(C)N(C)C)n1. The molecule has 7 nitrogen and oxygen atoms in total. The van der Waals surface area contributed by atoms with Crippen molar-refractivity contribution in [3.05, 3.63) is 0 Å². The number of likely N-dealkylation sites (N-methyl/N-ethyl adjacent to an activating group) is 1. The van der Waals surface area contributed by atoms with Gasteiger partial charge in [-0.25, -0.2) is 0 Å². The van der Waals surface area contributed by atoms with Crippen molar-refractivity contribution in [2.75, 3.05) is 50.7 Å². The molecule has 0 amide bonds. The molecule has 0 saturated heterocycles. The fourth-order valence-corrected chi connectivity index (χ4v) is 1.11. The van der Waals surface area contributed by atoms with Crippen LogP contribution >= 0.6 is 0 Å². The van der Waals surface area contributed by atoms with E-state index >= 15 is 0 Å². The van der Waals surface area contributed by atoms with E-state index in [2.05, 4.69) is 39.0 Å². The number of hydrogen-bond donors (Lipinski definition) is 2. The number of nitrogens with one attached hydrogen (secondary N) is 1. The van der Waals surface area contributed by atoms with Crippen LogP contribution in [0.4, 0.5) is 17.8 Å². The van der Waals surface area contributed by atoms with Gasteiger partial charge in [0.15, 0.2) is 0 Å². The summed E-state index contributed by atoms with van der Waals surface area (Å²) in [5.74, 6) is 1.27. The summed E-state index contributed by atoms with van der Waals surface area (Å²) in [6.45, 7) is 4.99. The number of nitrogens with zero attached hydrogens (tertiary/aromatic N) is 5. The zero-order chi connectivity index (χ0) is 13.9. The molecule has 102 valence electrons. The van der Waals surface area contributed by atoms with Crippen molar-refractivity contribution in [3.63, 3.8) is 0 Å². The van der Waals surface area contributed by atoms with Crippen molar-refractivity contribution < 1.29 is 0 Å². The van der Waals surface area contributed by atoms with Crippen LogP contribution < -0.4 is 16.0 Å². The largest absolute Gasteiger partial charge is 0.368 e. The molecule has 1 heterocycles. The van der Waals surface area contributed by atoms with Gasteiger partial charge >= 0.3 is 0 Å². The molecule has 1 rings (SSSR count). The predicted octanol–water partition coefficient (Wildman–Crippen LogP) is 0.272. The molecule has 18 heavy (non-hydrogen) atoms. The molecule has 0 spiro atoms. The van der Waals surface area contributed by atoms with E-state index in [-0.39, 0.29) is 11.5 Å². The number of nitrogen functional groups attached to an aromatic ring is 1. The van der Waals surface area contributed by atoms with Crippen LogP contribution in [-0.4, -0.2) is 60.1 Å². The summed E-state index contributed by atoms with van der Waals surface area (Å²) in [4.78, 5) is 16.3. The molecule has 0 fully saturated rings. The Morgan fingerprint density at radius 3 is 2.22 bits per heavy atom. The van der Waals surface area contributed by atoms with Gasteiger partial charge in [-0.05, 0) is 27.9 Å². The van der Waals surface area contributed by atoms with Gasteiger partial charge in [-0.1, -0.05) is 0 Å². The van der Waals surface area contributed by atoms with Crippen LogP contribution in [0.3, 0.4) is 0 Å². The minimum Gasteiger partial charge on any atom is -0.368 e. The molecule has 0 aliphatic rings. The van der Waals surface area contributed by atoms with Crippen LogP contribution in [0.1, 0.15) is 13.8 Å². The topological polar surface area (TPSA) is 83.2 Å². The van der Waals surface area contributed by atoms with Crippen LogP contribution in [0.25, 0.3) is 0 Å². The Hall–Kier alpha value is -1.63. The standard InChI is InChI=1S/C11H23N7/c1-11(2,18(5)6)7-13-9-14-8(12)15-10(16-9)17(3)4/h7H2,1-6H3,(H3,12,13,14,15,16). The number of hydrogen-bond acceptors (Lipinski definition) is 7. The summed E-state index contributed by atoms with van der Waals surface area (Å²) >= 11 is 0. The normalized spacial score (nSPS) is 11.7. The van der Waals surface area contributed by atoms with E-state index in [1.807, 2.05) is 28.2 Å². The first kappa shape index (κ1) is 14.4. The second kappa shape index (κ2) is 5.34. The maximum absolute atomic E-state index is 5.66. The minimum atomic E-state index is -0.000326. The third kappa shape index (κ3) is 3.69. The molecular weight excluding hydrogens is 230 g/mol. The molecule has 0 radical (unpaired) electrons. The van der Waals surface area contributed by atoms with E-state index in [1.165, 1.54) is 0 Å². The van der Waals surface area contributed by atoms with Crippen molar-refractivity contribution in [2.45, 2.75) is 19.4 Å². The maximum Gasteiger partial charge on any atom is 0.231 e. The average molecular weight is 253 g/mol. The molecule has 1 aromatic rings. The molecule has 0 aliphatic carbocycles. The molecule has 0 unspecified atom stereocenters. The van der Waals surface area contributed by atoms with Gasteiger partial charge in [-0.3, -0.25) is 0 Å². The quantitative estimate of drug-likeness (QED) is 0.779. The van der Waals surface area contributed by atoms with Gasteiger partial charge in [0, 0.05) is 26.2 Å². The zero-order valence-corrected chi connectivity index (χ0v) is 12.0. The Labute approximate surface area is 108 Å². The molecule has 0 saturated carbocycles. The number of aromatic nitrogens is 3. The minimum absolute atomic E-state index is 0.000326. The second-order valence-corrected chi connectivity index (χ2v) is 5.27. The monoisotopic (exact) mass is 253 g/mol. The smallest absolute Gasteiger partial charge is 0.231 e. The summed E-state index contributed by atoms with van der Waals surface area (Å²) in [5, 5.41) is 3.19. The number of anilines is 3. The van der Waals surface area contributed by atoms with Crippen molar-refractivity contribution in [1.82, 2.24) is 19.9 Å².